The van der Waals surface area contributed by atoms with Crippen molar-refractivity contribution in [3.63, 3.8) is 0 Å². The summed E-state index contributed by atoms with van der Waals surface area (Å²) in [5.41, 5.74) is 2.44. The number of piperidine rings is 1. The van der Waals surface area contributed by atoms with Crippen LogP contribution in [0.25, 0.3) is 0 Å². The van der Waals surface area contributed by atoms with Gasteiger partial charge in [0, 0.05) is 24.4 Å². The van der Waals surface area contributed by atoms with Gasteiger partial charge >= 0.3 is 11.9 Å². The number of thioether (sulfide) groups is 1. The van der Waals surface area contributed by atoms with E-state index in [9.17, 15) is 14.4 Å². The molecule has 0 radical (unpaired) electrons. The molecule has 1 amide bonds. The summed E-state index contributed by atoms with van der Waals surface area (Å²) in [7, 11) is 4.50. The Morgan fingerprint density at radius 2 is 1.82 bits per heavy atom. The van der Waals surface area contributed by atoms with Crippen LogP contribution in [0.15, 0.2) is 45.6 Å². The number of likely N-dealkylation sites (tertiary alicyclic amines) is 1. The van der Waals surface area contributed by atoms with Gasteiger partial charge in [-0.3, -0.25) is 9.59 Å². The van der Waals surface area contributed by atoms with Crippen molar-refractivity contribution in [1.82, 2.24) is 9.80 Å². The predicted molar refractivity (Wildman–Crippen MR) is 147 cm³/mol. The molecule has 0 spiro atoms. The van der Waals surface area contributed by atoms with Crippen molar-refractivity contribution in [2.75, 3.05) is 41.0 Å². The normalized spacial score (nSPS) is 19.3. The molecule has 3 aliphatic heterocycles. The third kappa shape index (κ3) is 5.78. The highest BCUT2D eigenvalue weighted by atomic mass is 32.2. The Bertz CT molecular complexity index is 1220. The Hall–Kier alpha value is -3.47. The Morgan fingerprint density at radius 3 is 2.44 bits per heavy atom. The summed E-state index contributed by atoms with van der Waals surface area (Å²) in [6.07, 6.45) is 1.80. The second kappa shape index (κ2) is 12.6. The number of allylic oxidation sites excluding steroid dienone is 1. The SMILES string of the molecule is CCOC(=O)C1CCN(C(=O)CC2=CSC3=NC(CC)=C(C(=O)OC)C(c4cc(OC)ccc4OC)N23)CC1. The molecule has 3 aliphatic rings. The minimum absolute atomic E-state index is 0.0494. The zero-order valence-corrected chi connectivity index (χ0v) is 23.8. The van der Waals surface area contributed by atoms with Crippen molar-refractivity contribution in [1.29, 1.82) is 0 Å². The summed E-state index contributed by atoms with van der Waals surface area (Å²) >= 11 is 1.42. The first-order chi connectivity index (χ1) is 18.9. The third-order valence-corrected chi connectivity index (χ3v) is 8.05. The molecule has 39 heavy (non-hydrogen) atoms. The van der Waals surface area contributed by atoms with E-state index in [2.05, 4.69) is 0 Å². The second-order valence-electron chi connectivity index (χ2n) is 9.29. The molecule has 1 aromatic rings. The fourth-order valence-corrected chi connectivity index (χ4v) is 6.09. The number of carbonyl (C=O) groups is 3. The van der Waals surface area contributed by atoms with Crippen LogP contribution in [0.5, 0.6) is 11.5 Å². The lowest BCUT2D eigenvalue weighted by Crippen LogP contribution is -2.42. The summed E-state index contributed by atoms with van der Waals surface area (Å²) in [5.74, 6) is 0.260. The maximum atomic E-state index is 13.4. The molecule has 0 N–H and O–H groups in total. The van der Waals surface area contributed by atoms with Crippen LogP contribution in [0.3, 0.4) is 0 Å². The number of ether oxygens (including phenoxy) is 4. The maximum Gasteiger partial charge on any atom is 0.338 e. The number of methoxy groups -OCH3 is 3. The number of fused-ring (bicyclic) bond motifs is 1. The quantitative estimate of drug-likeness (QED) is 0.416. The molecular weight excluding hydrogens is 522 g/mol. The summed E-state index contributed by atoms with van der Waals surface area (Å²) in [4.78, 5) is 47.2. The number of carbonyl (C=O) groups excluding carboxylic acids is 3. The number of benzene rings is 1. The Labute approximate surface area is 233 Å². The highest BCUT2D eigenvalue weighted by Gasteiger charge is 2.43. The van der Waals surface area contributed by atoms with Crippen molar-refractivity contribution in [3.8, 4) is 11.5 Å². The lowest BCUT2D eigenvalue weighted by Gasteiger charge is -2.38. The van der Waals surface area contributed by atoms with Crippen LogP contribution in [0.2, 0.25) is 0 Å². The molecule has 3 heterocycles. The first-order valence-electron chi connectivity index (χ1n) is 13.1. The number of amides is 1. The lowest BCUT2D eigenvalue weighted by molar-refractivity contribution is -0.151. The minimum Gasteiger partial charge on any atom is -0.497 e. The van der Waals surface area contributed by atoms with Crippen molar-refractivity contribution < 1.29 is 33.3 Å². The van der Waals surface area contributed by atoms with E-state index < -0.39 is 12.0 Å². The van der Waals surface area contributed by atoms with E-state index in [0.717, 1.165) is 5.70 Å². The van der Waals surface area contributed by atoms with Gasteiger partial charge in [-0.05, 0) is 49.8 Å². The zero-order chi connectivity index (χ0) is 28.1. The van der Waals surface area contributed by atoms with Crippen LogP contribution in [-0.4, -0.2) is 73.8 Å². The number of nitrogens with zero attached hydrogens (tertiary/aromatic N) is 3. The van der Waals surface area contributed by atoms with E-state index in [1.165, 1.54) is 18.9 Å². The Kier molecular flexibility index (Phi) is 9.21. The van der Waals surface area contributed by atoms with Gasteiger partial charge in [-0.25, -0.2) is 9.79 Å². The van der Waals surface area contributed by atoms with Crippen molar-refractivity contribution in [2.24, 2.45) is 10.9 Å². The second-order valence-corrected chi connectivity index (χ2v) is 10.1. The van der Waals surface area contributed by atoms with Gasteiger partial charge in [0.25, 0.3) is 0 Å². The molecule has 1 saturated heterocycles. The molecule has 0 saturated carbocycles. The molecule has 11 heteroatoms. The number of rotatable bonds is 9. The van der Waals surface area contributed by atoms with E-state index in [-0.39, 0.29) is 24.2 Å². The molecule has 0 bridgehead atoms. The van der Waals surface area contributed by atoms with Gasteiger partial charge in [0.05, 0.1) is 57.6 Å². The van der Waals surface area contributed by atoms with Crippen LogP contribution in [0.4, 0.5) is 0 Å². The van der Waals surface area contributed by atoms with Gasteiger partial charge in [0.1, 0.15) is 11.5 Å². The maximum absolute atomic E-state index is 13.4. The van der Waals surface area contributed by atoms with Crippen LogP contribution >= 0.6 is 11.8 Å². The van der Waals surface area contributed by atoms with E-state index >= 15 is 0 Å². The highest BCUT2D eigenvalue weighted by Crippen LogP contribution is 2.48. The topological polar surface area (TPSA) is 107 Å². The van der Waals surface area contributed by atoms with Gasteiger partial charge in [0.2, 0.25) is 5.91 Å². The third-order valence-electron chi connectivity index (χ3n) is 7.16. The number of aliphatic imine (C=N–C) groups is 1. The van der Waals surface area contributed by atoms with E-state index in [1.54, 1.807) is 38.2 Å². The van der Waals surface area contributed by atoms with Crippen LogP contribution < -0.4 is 9.47 Å². The first-order valence-corrected chi connectivity index (χ1v) is 14.0. The fourth-order valence-electron chi connectivity index (χ4n) is 5.15. The molecule has 210 valence electrons. The van der Waals surface area contributed by atoms with E-state index in [1.807, 2.05) is 23.3 Å². The molecule has 1 aromatic carbocycles. The molecule has 0 aliphatic carbocycles. The molecule has 4 rings (SSSR count). The molecular formula is C28H35N3O7S. The molecule has 1 atom stereocenters. The number of amidine groups is 1. The molecule has 10 nitrogen and oxygen atoms in total. The summed E-state index contributed by atoms with van der Waals surface area (Å²) < 4.78 is 21.6. The van der Waals surface area contributed by atoms with Gasteiger partial charge in [-0.1, -0.05) is 18.7 Å². The molecule has 1 unspecified atom stereocenters. The minimum atomic E-state index is -0.631. The van der Waals surface area contributed by atoms with E-state index in [4.69, 9.17) is 23.9 Å². The first kappa shape index (κ1) is 28.5. The standard InChI is InChI=1S/C28H35N3O7S/c1-6-21-24(27(34)37-5)25(20-15-19(35-3)8-9-22(20)36-4)31-18(16-39-28(31)29-21)14-23(32)30-12-10-17(11-13-30)26(33)38-7-2/h8-9,15-17,25H,6-7,10-14H2,1-5H3. The summed E-state index contributed by atoms with van der Waals surface area (Å²) in [6, 6.07) is 4.80. The zero-order valence-electron chi connectivity index (χ0n) is 23.0. The number of hydrogen-bond donors (Lipinski definition) is 0. The van der Waals surface area contributed by atoms with Crippen LogP contribution in [0, 0.1) is 5.92 Å². The molecule has 1 fully saturated rings. The summed E-state index contributed by atoms with van der Waals surface area (Å²) in [6.45, 7) is 5.06. The van der Waals surface area contributed by atoms with Gasteiger partial charge in [-0.15, -0.1) is 0 Å². The monoisotopic (exact) mass is 557 g/mol. The van der Waals surface area contributed by atoms with Crippen LogP contribution in [-0.2, 0) is 23.9 Å². The smallest absolute Gasteiger partial charge is 0.338 e. The largest absolute Gasteiger partial charge is 0.497 e. The van der Waals surface area contributed by atoms with Crippen molar-refractivity contribution in [3.05, 3.63) is 46.1 Å². The Balaban J connectivity index is 1.65. The van der Waals surface area contributed by atoms with Gasteiger partial charge in [-0.2, -0.15) is 0 Å². The average Bonchev–Trinajstić information content (AvgIpc) is 3.37. The fraction of sp³-hybridized carbons (Fsp3) is 0.500. The predicted octanol–water partition coefficient (Wildman–Crippen LogP) is 4.03. The van der Waals surface area contributed by atoms with E-state index in [0.29, 0.717) is 72.5 Å². The number of esters is 2. The highest BCUT2D eigenvalue weighted by molar-refractivity contribution is 8.16. The van der Waals surface area contributed by atoms with Crippen molar-refractivity contribution in [2.45, 2.75) is 45.6 Å². The van der Waals surface area contributed by atoms with Gasteiger partial charge in [0.15, 0.2) is 5.17 Å². The Morgan fingerprint density at radius 1 is 1.08 bits per heavy atom. The van der Waals surface area contributed by atoms with Crippen molar-refractivity contribution >= 4 is 34.8 Å². The lowest BCUT2D eigenvalue weighted by atomic mass is 9.91. The molecule has 0 aromatic heterocycles. The summed E-state index contributed by atoms with van der Waals surface area (Å²) in [5, 5.41) is 2.59. The average molecular weight is 558 g/mol. The van der Waals surface area contributed by atoms with Gasteiger partial charge < -0.3 is 28.7 Å². The van der Waals surface area contributed by atoms with Crippen LogP contribution in [0.1, 0.15) is 51.1 Å². The number of hydrogen-bond acceptors (Lipinski definition) is 10.